The summed E-state index contributed by atoms with van der Waals surface area (Å²) in [6.45, 7) is 4.41. The summed E-state index contributed by atoms with van der Waals surface area (Å²) in [7, 11) is 0. The van der Waals surface area contributed by atoms with Gasteiger partial charge in [0.25, 0.3) is 0 Å². The van der Waals surface area contributed by atoms with Gasteiger partial charge in [-0.1, -0.05) is 18.2 Å². The molecule has 1 aromatic carbocycles. The molecule has 4 nitrogen and oxygen atoms in total. The molecule has 126 valence electrons. The van der Waals surface area contributed by atoms with Gasteiger partial charge in [-0.15, -0.1) is 11.3 Å². The van der Waals surface area contributed by atoms with E-state index >= 15 is 0 Å². The Kier molecular flexibility index (Phi) is 4.37. The lowest BCUT2D eigenvalue weighted by Gasteiger charge is -2.26. The van der Waals surface area contributed by atoms with Gasteiger partial charge in [0.2, 0.25) is 0 Å². The van der Waals surface area contributed by atoms with Crippen LogP contribution in [0.25, 0.3) is 10.9 Å². The van der Waals surface area contributed by atoms with Crippen LogP contribution in [0.15, 0.2) is 24.3 Å². The third kappa shape index (κ3) is 3.10. The van der Waals surface area contributed by atoms with Crippen LogP contribution in [0, 0.1) is 6.92 Å². The fourth-order valence-electron chi connectivity index (χ4n) is 3.69. The lowest BCUT2D eigenvalue weighted by atomic mass is 9.96. The van der Waals surface area contributed by atoms with Crippen molar-refractivity contribution in [3.05, 3.63) is 45.5 Å². The van der Waals surface area contributed by atoms with Gasteiger partial charge in [0.05, 0.1) is 16.2 Å². The molecule has 0 saturated carbocycles. The first-order valence-corrected chi connectivity index (χ1v) is 9.66. The number of aryl methyl sites for hydroxylation is 3. The molecule has 0 aliphatic heterocycles. The average molecular weight is 340 g/mol. The van der Waals surface area contributed by atoms with Gasteiger partial charge in [0.1, 0.15) is 0 Å². The van der Waals surface area contributed by atoms with E-state index in [0.717, 1.165) is 24.8 Å². The van der Waals surface area contributed by atoms with Gasteiger partial charge >= 0.3 is 0 Å². The van der Waals surface area contributed by atoms with Crippen LogP contribution >= 0.6 is 11.3 Å². The summed E-state index contributed by atoms with van der Waals surface area (Å²) < 4.78 is 0. The Bertz CT molecular complexity index is 835. The van der Waals surface area contributed by atoms with Crippen LogP contribution in [0.2, 0.25) is 0 Å². The lowest BCUT2D eigenvalue weighted by molar-refractivity contribution is 0.398. The average Bonchev–Trinajstić information content (AvgIpc) is 3.16. The molecule has 4 rings (SSSR count). The maximum absolute atomic E-state index is 4.69. The molecule has 2 heterocycles. The van der Waals surface area contributed by atoms with Crippen molar-refractivity contribution in [1.29, 1.82) is 0 Å². The topological polar surface area (TPSA) is 53.6 Å². The van der Waals surface area contributed by atoms with Crippen molar-refractivity contribution in [2.75, 3.05) is 0 Å². The number of aromatic nitrogens is 3. The largest absolute Gasteiger partial charge is 0.307 e. The predicted octanol–water partition coefficient (Wildman–Crippen LogP) is 4.32. The molecule has 2 atom stereocenters. The number of nitrogens with one attached hydrogen (secondary N) is 2. The van der Waals surface area contributed by atoms with E-state index in [-0.39, 0.29) is 0 Å². The number of para-hydroxylation sites is 1. The number of hydrogen-bond acceptors (Lipinski definition) is 4. The van der Waals surface area contributed by atoms with Crippen molar-refractivity contribution in [3.63, 3.8) is 0 Å². The van der Waals surface area contributed by atoms with Gasteiger partial charge in [0.15, 0.2) is 0 Å². The number of rotatable bonds is 5. The van der Waals surface area contributed by atoms with Crippen LogP contribution in [0.5, 0.6) is 0 Å². The standard InChI is InChI=1S/C19H24N4S/c1-12(10-11-16-14-6-3-4-7-15(14)22-23-16)20-17-8-5-9-18-19(17)24-13(2)21-18/h3-4,6-7,12,17,20H,5,8-11H2,1-2H3,(H,22,23). The minimum absolute atomic E-state index is 0.477. The zero-order valence-electron chi connectivity index (χ0n) is 14.3. The number of H-pyrrole nitrogens is 1. The SMILES string of the molecule is Cc1nc2c(s1)C(NC(C)CCc1[nH]nc3ccccc13)CCC2. The Hall–Kier alpha value is -1.72. The van der Waals surface area contributed by atoms with Gasteiger partial charge in [-0.25, -0.2) is 4.98 Å². The first-order valence-electron chi connectivity index (χ1n) is 8.85. The molecule has 2 unspecified atom stereocenters. The number of thiazole rings is 1. The predicted molar refractivity (Wildman–Crippen MR) is 99.5 cm³/mol. The van der Waals surface area contributed by atoms with Gasteiger partial charge in [-0.05, 0) is 52.0 Å². The Labute approximate surface area is 146 Å². The third-order valence-corrected chi connectivity index (χ3v) is 6.04. The molecule has 0 amide bonds. The summed E-state index contributed by atoms with van der Waals surface area (Å²) in [6.07, 6.45) is 5.75. The molecule has 5 heteroatoms. The number of fused-ring (bicyclic) bond motifs is 2. The summed E-state index contributed by atoms with van der Waals surface area (Å²) in [5.74, 6) is 0. The van der Waals surface area contributed by atoms with Gasteiger partial charge in [0, 0.05) is 28.0 Å². The van der Waals surface area contributed by atoms with Crippen LogP contribution in [-0.2, 0) is 12.8 Å². The zero-order valence-corrected chi connectivity index (χ0v) is 15.1. The van der Waals surface area contributed by atoms with Crippen molar-refractivity contribution in [3.8, 4) is 0 Å². The first-order chi connectivity index (χ1) is 11.7. The molecular weight excluding hydrogens is 316 g/mol. The van der Waals surface area contributed by atoms with E-state index in [1.165, 1.54) is 39.5 Å². The maximum Gasteiger partial charge on any atom is 0.0923 e. The van der Waals surface area contributed by atoms with Gasteiger partial charge in [-0.3, -0.25) is 5.10 Å². The van der Waals surface area contributed by atoms with E-state index in [4.69, 9.17) is 4.98 Å². The Morgan fingerprint density at radius 3 is 3.17 bits per heavy atom. The smallest absolute Gasteiger partial charge is 0.0923 e. The zero-order chi connectivity index (χ0) is 16.5. The highest BCUT2D eigenvalue weighted by atomic mass is 32.1. The molecular formula is C19H24N4S. The molecule has 24 heavy (non-hydrogen) atoms. The van der Waals surface area contributed by atoms with Crippen molar-refractivity contribution in [2.24, 2.45) is 0 Å². The quantitative estimate of drug-likeness (QED) is 0.727. The number of benzene rings is 1. The van der Waals surface area contributed by atoms with Crippen LogP contribution in [0.1, 0.15) is 53.5 Å². The molecule has 1 aliphatic rings. The second kappa shape index (κ2) is 6.65. The second-order valence-corrected chi connectivity index (χ2v) is 8.05. The normalized spacial score (nSPS) is 18.7. The number of aromatic amines is 1. The summed E-state index contributed by atoms with van der Waals surface area (Å²) >= 11 is 1.87. The lowest BCUT2D eigenvalue weighted by Crippen LogP contribution is -2.32. The fourth-order valence-corrected chi connectivity index (χ4v) is 4.76. The van der Waals surface area contributed by atoms with Crippen molar-refractivity contribution >= 4 is 22.2 Å². The monoisotopic (exact) mass is 340 g/mol. The molecule has 0 radical (unpaired) electrons. The number of hydrogen-bond donors (Lipinski definition) is 2. The first kappa shape index (κ1) is 15.8. The van der Waals surface area contributed by atoms with E-state index in [1.54, 1.807) is 0 Å². The highest BCUT2D eigenvalue weighted by molar-refractivity contribution is 7.11. The Balaban J connectivity index is 1.40. The van der Waals surface area contributed by atoms with Crippen molar-refractivity contribution in [2.45, 2.75) is 58.0 Å². The summed E-state index contributed by atoms with van der Waals surface area (Å²) in [5, 5.41) is 13.9. The molecule has 0 spiro atoms. The summed E-state index contributed by atoms with van der Waals surface area (Å²) in [6, 6.07) is 9.29. The highest BCUT2D eigenvalue weighted by Gasteiger charge is 2.24. The minimum atomic E-state index is 0.477. The van der Waals surface area contributed by atoms with Crippen LogP contribution in [-0.4, -0.2) is 21.2 Å². The van der Waals surface area contributed by atoms with E-state index < -0.39 is 0 Å². The molecule has 0 saturated heterocycles. The third-order valence-electron chi connectivity index (χ3n) is 4.91. The van der Waals surface area contributed by atoms with Crippen molar-refractivity contribution < 1.29 is 0 Å². The Morgan fingerprint density at radius 2 is 2.25 bits per heavy atom. The molecule has 2 aromatic heterocycles. The molecule has 2 N–H and O–H groups in total. The minimum Gasteiger partial charge on any atom is -0.307 e. The van der Waals surface area contributed by atoms with E-state index in [9.17, 15) is 0 Å². The van der Waals surface area contributed by atoms with E-state index in [2.05, 4.69) is 47.6 Å². The van der Waals surface area contributed by atoms with E-state index in [1.807, 2.05) is 17.4 Å². The van der Waals surface area contributed by atoms with Crippen LogP contribution in [0.4, 0.5) is 0 Å². The molecule has 0 bridgehead atoms. The van der Waals surface area contributed by atoms with E-state index in [0.29, 0.717) is 12.1 Å². The maximum atomic E-state index is 4.69. The number of nitrogens with zero attached hydrogens (tertiary/aromatic N) is 2. The fraction of sp³-hybridized carbons (Fsp3) is 0.474. The summed E-state index contributed by atoms with van der Waals surface area (Å²) in [5.41, 5.74) is 3.63. The molecule has 3 aromatic rings. The molecule has 0 fully saturated rings. The van der Waals surface area contributed by atoms with Gasteiger partial charge in [-0.2, -0.15) is 5.10 Å². The summed E-state index contributed by atoms with van der Waals surface area (Å²) in [4.78, 5) is 6.16. The van der Waals surface area contributed by atoms with Crippen LogP contribution in [0.3, 0.4) is 0 Å². The van der Waals surface area contributed by atoms with Gasteiger partial charge < -0.3 is 5.32 Å². The Morgan fingerprint density at radius 1 is 1.38 bits per heavy atom. The highest BCUT2D eigenvalue weighted by Crippen LogP contribution is 2.34. The second-order valence-electron chi connectivity index (χ2n) is 6.81. The van der Waals surface area contributed by atoms with Crippen LogP contribution < -0.4 is 5.32 Å². The molecule has 1 aliphatic carbocycles. The van der Waals surface area contributed by atoms with Crippen molar-refractivity contribution in [1.82, 2.24) is 20.5 Å².